The van der Waals surface area contributed by atoms with Crippen molar-refractivity contribution in [3.05, 3.63) is 24.4 Å². The third-order valence-corrected chi connectivity index (χ3v) is 3.39. The third-order valence-electron chi connectivity index (χ3n) is 3.39. The minimum atomic E-state index is -4.22. The second kappa shape index (κ2) is 5.07. The van der Waals surface area contributed by atoms with Gasteiger partial charge in [-0.25, -0.2) is 4.98 Å². The molecule has 1 aliphatic carbocycles. The van der Waals surface area contributed by atoms with E-state index in [-0.39, 0.29) is 25.3 Å². The minimum absolute atomic E-state index is 0.0470. The first kappa shape index (κ1) is 13.6. The summed E-state index contributed by atoms with van der Waals surface area (Å²) in [4.78, 5) is 7.76. The lowest BCUT2D eigenvalue weighted by molar-refractivity contribution is -0.245. The van der Waals surface area contributed by atoms with Crippen LogP contribution in [0.4, 0.5) is 19.0 Å². The summed E-state index contributed by atoms with van der Waals surface area (Å²) in [5.41, 5.74) is 3.88. The number of nitrogens with zero attached hydrogens (tertiary/aromatic N) is 2. The van der Waals surface area contributed by atoms with Crippen LogP contribution in [0.1, 0.15) is 19.3 Å². The zero-order valence-electron chi connectivity index (χ0n) is 10.2. The summed E-state index contributed by atoms with van der Waals surface area (Å²) in [5.74, 6) is 0.410. The van der Waals surface area contributed by atoms with E-state index in [4.69, 9.17) is 5.73 Å². The molecule has 0 bridgehead atoms. The number of alkyl halides is 3. The Morgan fingerprint density at radius 3 is 2.63 bits per heavy atom. The van der Waals surface area contributed by atoms with Crippen molar-refractivity contribution in [3.63, 3.8) is 0 Å². The van der Waals surface area contributed by atoms with Gasteiger partial charge >= 0.3 is 6.18 Å². The third kappa shape index (κ3) is 2.97. The molecule has 0 radical (unpaired) electrons. The summed E-state index contributed by atoms with van der Waals surface area (Å²) in [6.07, 6.45) is -1.84. The van der Waals surface area contributed by atoms with E-state index in [1.54, 1.807) is 24.4 Å². The highest BCUT2D eigenvalue weighted by molar-refractivity contribution is 5.91. The van der Waals surface area contributed by atoms with Gasteiger partial charge < -0.3 is 11.1 Å². The maximum atomic E-state index is 12.9. The van der Waals surface area contributed by atoms with E-state index in [9.17, 15) is 13.2 Å². The van der Waals surface area contributed by atoms with E-state index in [0.717, 1.165) is 0 Å². The van der Waals surface area contributed by atoms with Crippen molar-refractivity contribution in [2.75, 3.05) is 11.9 Å². The summed E-state index contributed by atoms with van der Waals surface area (Å²) < 4.78 is 38.7. The Morgan fingerprint density at radius 2 is 2.16 bits per heavy atom. The summed E-state index contributed by atoms with van der Waals surface area (Å²) in [5, 5.41) is 2.66. The van der Waals surface area contributed by atoms with Crippen LogP contribution in [0, 0.1) is 5.41 Å². The van der Waals surface area contributed by atoms with E-state index >= 15 is 0 Å². The topological polar surface area (TPSA) is 63.3 Å². The molecular formula is C12H15F3N4. The lowest BCUT2D eigenvalue weighted by Crippen LogP contribution is -2.46. The Bertz CT molecular complexity index is 452. The number of aromatic nitrogens is 1. The van der Waals surface area contributed by atoms with Crippen molar-refractivity contribution >= 4 is 11.8 Å². The maximum Gasteiger partial charge on any atom is 0.396 e. The second-order valence-corrected chi connectivity index (χ2v) is 4.67. The molecule has 1 aromatic heterocycles. The standard InChI is InChI=1S/C12H15F3N4/c13-12(14,15)11(5-3-6-11)8-18-10(16)19-9-4-1-2-7-17-9/h1-2,4,7H,3,5-6,8H2,(H3,16,17,18,19). The predicted octanol–water partition coefficient (Wildman–Crippen LogP) is 2.54. The largest absolute Gasteiger partial charge is 0.396 e. The van der Waals surface area contributed by atoms with Gasteiger partial charge in [0.1, 0.15) is 5.82 Å². The zero-order chi connectivity index (χ0) is 13.9. The number of halogens is 3. The molecule has 0 aromatic carbocycles. The number of pyridine rings is 1. The highest BCUT2D eigenvalue weighted by atomic mass is 19.4. The van der Waals surface area contributed by atoms with Gasteiger partial charge in [0.25, 0.3) is 0 Å². The number of guanidine groups is 1. The van der Waals surface area contributed by atoms with Gasteiger partial charge in [-0.15, -0.1) is 0 Å². The summed E-state index contributed by atoms with van der Waals surface area (Å²) in [6.45, 7) is -0.331. The first-order valence-corrected chi connectivity index (χ1v) is 5.98. The van der Waals surface area contributed by atoms with Crippen LogP contribution in [0.2, 0.25) is 0 Å². The Kier molecular flexibility index (Phi) is 3.64. The van der Waals surface area contributed by atoms with Gasteiger partial charge in [-0.1, -0.05) is 12.5 Å². The first-order valence-electron chi connectivity index (χ1n) is 5.98. The first-order chi connectivity index (χ1) is 8.93. The SMILES string of the molecule is NC(=NCC1(C(F)(F)F)CCC1)Nc1ccccn1. The summed E-state index contributed by atoms with van der Waals surface area (Å²) in [7, 11) is 0. The van der Waals surface area contributed by atoms with E-state index in [2.05, 4.69) is 15.3 Å². The van der Waals surface area contributed by atoms with Crippen molar-refractivity contribution in [1.82, 2.24) is 4.98 Å². The fourth-order valence-corrected chi connectivity index (χ4v) is 1.98. The number of nitrogens with one attached hydrogen (secondary N) is 1. The molecule has 7 heteroatoms. The molecule has 0 unspecified atom stereocenters. The fraction of sp³-hybridized carbons (Fsp3) is 0.500. The second-order valence-electron chi connectivity index (χ2n) is 4.67. The van der Waals surface area contributed by atoms with Crippen molar-refractivity contribution in [1.29, 1.82) is 0 Å². The molecule has 0 atom stereocenters. The number of nitrogens with two attached hydrogens (primary N) is 1. The van der Waals surface area contributed by atoms with Crippen LogP contribution in [0.15, 0.2) is 29.4 Å². The zero-order valence-corrected chi connectivity index (χ0v) is 10.2. The highest BCUT2D eigenvalue weighted by Gasteiger charge is 2.58. The Hall–Kier alpha value is -1.79. The molecular weight excluding hydrogens is 257 g/mol. The normalized spacial score (nSPS) is 18.8. The average Bonchev–Trinajstić information content (AvgIpc) is 2.26. The highest BCUT2D eigenvalue weighted by Crippen LogP contribution is 2.53. The summed E-state index contributed by atoms with van der Waals surface area (Å²) >= 11 is 0. The van der Waals surface area contributed by atoms with Crippen LogP contribution < -0.4 is 11.1 Å². The number of hydrogen-bond acceptors (Lipinski definition) is 2. The average molecular weight is 272 g/mol. The van der Waals surface area contributed by atoms with E-state index in [1.807, 2.05) is 0 Å². The van der Waals surface area contributed by atoms with Crippen LogP contribution in [-0.2, 0) is 0 Å². The molecule has 1 fully saturated rings. The van der Waals surface area contributed by atoms with Crippen molar-refractivity contribution < 1.29 is 13.2 Å². The lowest BCUT2D eigenvalue weighted by atomic mass is 9.68. The smallest absolute Gasteiger partial charge is 0.370 e. The van der Waals surface area contributed by atoms with Crippen LogP contribution in [0.3, 0.4) is 0 Å². The number of rotatable bonds is 3. The van der Waals surface area contributed by atoms with Gasteiger partial charge in [0, 0.05) is 6.20 Å². The van der Waals surface area contributed by atoms with Gasteiger partial charge in [-0.05, 0) is 25.0 Å². The van der Waals surface area contributed by atoms with Gasteiger partial charge in [0.2, 0.25) is 0 Å². The quantitative estimate of drug-likeness (QED) is 0.656. The molecule has 0 aliphatic heterocycles. The van der Waals surface area contributed by atoms with Gasteiger partial charge in [0.15, 0.2) is 5.96 Å². The van der Waals surface area contributed by atoms with Crippen molar-refractivity contribution in [2.24, 2.45) is 16.1 Å². The monoisotopic (exact) mass is 272 g/mol. The molecule has 4 nitrogen and oxygen atoms in total. The van der Waals surface area contributed by atoms with Gasteiger partial charge in [0.05, 0.1) is 12.0 Å². The summed E-state index contributed by atoms with van der Waals surface area (Å²) in [6, 6.07) is 5.13. The van der Waals surface area contributed by atoms with Gasteiger partial charge in [-0.2, -0.15) is 13.2 Å². The molecule has 0 spiro atoms. The predicted molar refractivity (Wildman–Crippen MR) is 66.7 cm³/mol. The van der Waals surface area contributed by atoms with Crippen molar-refractivity contribution in [3.8, 4) is 0 Å². The molecule has 19 heavy (non-hydrogen) atoms. The Morgan fingerprint density at radius 1 is 1.42 bits per heavy atom. The molecule has 1 aliphatic rings. The van der Waals surface area contributed by atoms with Crippen LogP contribution >= 0.6 is 0 Å². The maximum absolute atomic E-state index is 12.9. The molecule has 2 rings (SSSR count). The van der Waals surface area contributed by atoms with Crippen LogP contribution in [0.5, 0.6) is 0 Å². The number of anilines is 1. The van der Waals surface area contributed by atoms with Crippen molar-refractivity contribution in [2.45, 2.75) is 25.4 Å². The number of hydrogen-bond donors (Lipinski definition) is 2. The fourth-order valence-electron chi connectivity index (χ4n) is 1.98. The molecule has 3 N–H and O–H groups in total. The van der Waals surface area contributed by atoms with Crippen LogP contribution in [0.25, 0.3) is 0 Å². The molecule has 1 heterocycles. The van der Waals surface area contributed by atoms with E-state index in [0.29, 0.717) is 12.2 Å². The van der Waals surface area contributed by atoms with Crippen LogP contribution in [-0.4, -0.2) is 23.7 Å². The molecule has 1 saturated carbocycles. The molecule has 1 aromatic rings. The molecule has 0 saturated heterocycles. The van der Waals surface area contributed by atoms with E-state index < -0.39 is 11.6 Å². The molecule has 104 valence electrons. The number of aliphatic imine (C=N–C) groups is 1. The van der Waals surface area contributed by atoms with E-state index in [1.165, 1.54) is 0 Å². The Balaban J connectivity index is 1.98. The molecule has 0 amide bonds. The lowest BCUT2D eigenvalue weighted by Gasteiger charge is -2.41. The van der Waals surface area contributed by atoms with Gasteiger partial charge in [-0.3, -0.25) is 4.99 Å². The minimum Gasteiger partial charge on any atom is -0.370 e. The Labute approximate surface area is 108 Å².